The number of amides is 1. The summed E-state index contributed by atoms with van der Waals surface area (Å²) in [6.07, 6.45) is 0. The van der Waals surface area contributed by atoms with Crippen LogP contribution in [0.4, 0.5) is 0 Å². The van der Waals surface area contributed by atoms with E-state index in [0.717, 1.165) is 4.31 Å². The Bertz CT molecular complexity index is 642. The summed E-state index contributed by atoms with van der Waals surface area (Å²) < 4.78 is 25.2. The highest BCUT2D eigenvalue weighted by Gasteiger charge is 2.21. The molecule has 0 saturated carbocycles. The van der Waals surface area contributed by atoms with E-state index in [2.05, 4.69) is 21.2 Å². The van der Waals surface area contributed by atoms with E-state index in [1.807, 2.05) is 0 Å². The van der Waals surface area contributed by atoms with E-state index in [4.69, 9.17) is 5.11 Å². The van der Waals surface area contributed by atoms with Crippen LogP contribution >= 0.6 is 15.9 Å². The fourth-order valence-corrected chi connectivity index (χ4v) is 3.24. The molecule has 110 valence electrons. The number of aliphatic carboxylic acids is 1. The second-order valence-corrected chi connectivity index (χ2v) is 6.98. The zero-order valence-electron chi connectivity index (χ0n) is 10.8. The zero-order chi connectivity index (χ0) is 15.5. The average molecular weight is 365 g/mol. The first-order valence-corrected chi connectivity index (χ1v) is 7.61. The van der Waals surface area contributed by atoms with Crippen LogP contribution in [0.25, 0.3) is 0 Å². The van der Waals surface area contributed by atoms with E-state index in [0.29, 0.717) is 0 Å². The molecule has 20 heavy (non-hydrogen) atoms. The Balaban J connectivity index is 3.06. The molecule has 0 aliphatic carbocycles. The maximum absolute atomic E-state index is 12.0. The monoisotopic (exact) mass is 364 g/mol. The van der Waals surface area contributed by atoms with Gasteiger partial charge in [0.15, 0.2) is 0 Å². The van der Waals surface area contributed by atoms with Crippen molar-refractivity contribution in [2.45, 2.75) is 4.90 Å². The molecular weight excluding hydrogens is 352 g/mol. The van der Waals surface area contributed by atoms with Crippen LogP contribution in [0, 0.1) is 0 Å². The quantitative estimate of drug-likeness (QED) is 0.792. The Labute approximate surface area is 124 Å². The lowest BCUT2D eigenvalue weighted by Gasteiger charge is -2.13. The first-order valence-electron chi connectivity index (χ1n) is 5.38. The van der Waals surface area contributed by atoms with Gasteiger partial charge in [0.05, 0.1) is 4.90 Å². The highest BCUT2D eigenvalue weighted by Crippen LogP contribution is 2.25. The Morgan fingerprint density at radius 1 is 1.35 bits per heavy atom. The van der Waals surface area contributed by atoms with Crippen LogP contribution in [0.5, 0.6) is 0 Å². The lowest BCUT2D eigenvalue weighted by atomic mass is 10.2. The maximum atomic E-state index is 12.0. The Morgan fingerprint density at radius 2 is 1.95 bits per heavy atom. The van der Waals surface area contributed by atoms with Crippen molar-refractivity contribution in [1.82, 2.24) is 9.62 Å². The molecule has 0 aliphatic rings. The molecule has 0 spiro atoms. The van der Waals surface area contributed by atoms with Gasteiger partial charge in [0.25, 0.3) is 5.91 Å². The first kappa shape index (κ1) is 16.6. The van der Waals surface area contributed by atoms with Gasteiger partial charge in [-0.3, -0.25) is 9.59 Å². The van der Waals surface area contributed by atoms with Gasteiger partial charge < -0.3 is 10.4 Å². The number of hydrogen-bond acceptors (Lipinski definition) is 4. The van der Waals surface area contributed by atoms with Crippen molar-refractivity contribution in [3.05, 3.63) is 28.2 Å². The van der Waals surface area contributed by atoms with Crippen LogP contribution in [0.15, 0.2) is 27.6 Å². The topological polar surface area (TPSA) is 104 Å². The Hall–Kier alpha value is -1.45. The molecule has 0 fully saturated rings. The summed E-state index contributed by atoms with van der Waals surface area (Å²) in [5, 5.41) is 10.7. The molecule has 0 bridgehead atoms. The van der Waals surface area contributed by atoms with Gasteiger partial charge in [-0.2, -0.15) is 0 Å². The average Bonchev–Trinajstić information content (AvgIpc) is 2.35. The maximum Gasteiger partial charge on any atom is 0.322 e. The Kier molecular flexibility index (Phi) is 5.26. The molecule has 0 radical (unpaired) electrons. The highest BCUT2D eigenvalue weighted by atomic mass is 79.9. The molecule has 9 heteroatoms. The normalized spacial score (nSPS) is 11.4. The number of rotatable bonds is 5. The number of carboxylic acids is 1. The summed E-state index contributed by atoms with van der Waals surface area (Å²) in [7, 11) is -0.819. The molecule has 1 rings (SSSR count). The largest absolute Gasteiger partial charge is 0.480 e. The standard InChI is InChI=1S/C11H13BrN2O5S/c1-14(2)20(18,19)9-4-3-7(5-8(9)12)11(17)13-6-10(15)16/h3-5H,6H2,1-2H3,(H,13,17)(H,15,16). The summed E-state index contributed by atoms with van der Waals surface area (Å²) in [4.78, 5) is 22.0. The van der Waals surface area contributed by atoms with E-state index >= 15 is 0 Å². The highest BCUT2D eigenvalue weighted by molar-refractivity contribution is 9.10. The van der Waals surface area contributed by atoms with E-state index in [9.17, 15) is 18.0 Å². The molecule has 1 amide bonds. The summed E-state index contributed by atoms with van der Waals surface area (Å²) in [5.74, 6) is -1.76. The minimum absolute atomic E-state index is 0.0253. The number of nitrogens with one attached hydrogen (secondary N) is 1. The zero-order valence-corrected chi connectivity index (χ0v) is 13.2. The fraction of sp³-hybridized carbons (Fsp3) is 0.273. The van der Waals surface area contributed by atoms with Crippen molar-refractivity contribution in [2.75, 3.05) is 20.6 Å². The second-order valence-electron chi connectivity index (χ2n) is 4.01. The van der Waals surface area contributed by atoms with E-state index in [1.54, 1.807) is 0 Å². The number of benzene rings is 1. The molecule has 0 unspecified atom stereocenters. The third-order valence-corrected chi connectivity index (χ3v) is 5.14. The van der Waals surface area contributed by atoms with Crippen LogP contribution in [0.1, 0.15) is 10.4 Å². The minimum Gasteiger partial charge on any atom is -0.480 e. The number of nitrogens with zero attached hydrogens (tertiary/aromatic N) is 1. The second kappa shape index (κ2) is 6.33. The SMILES string of the molecule is CN(C)S(=O)(=O)c1ccc(C(=O)NCC(=O)O)cc1Br. The lowest BCUT2D eigenvalue weighted by Crippen LogP contribution is -2.29. The molecule has 7 nitrogen and oxygen atoms in total. The molecule has 2 N–H and O–H groups in total. The van der Waals surface area contributed by atoms with Crippen molar-refractivity contribution >= 4 is 37.8 Å². The molecule has 0 saturated heterocycles. The molecule has 0 heterocycles. The first-order chi connectivity index (χ1) is 9.16. The molecule has 1 aromatic carbocycles. The lowest BCUT2D eigenvalue weighted by molar-refractivity contribution is -0.135. The van der Waals surface area contributed by atoms with Crippen molar-refractivity contribution in [1.29, 1.82) is 0 Å². The van der Waals surface area contributed by atoms with Crippen LogP contribution in [-0.2, 0) is 14.8 Å². The summed E-state index contributed by atoms with van der Waals surface area (Å²) in [6.45, 7) is -0.506. The van der Waals surface area contributed by atoms with Gasteiger partial charge in [0, 0.05) is 24.1 Å². The van der Waals surface area contributed by atoms with Gasteiger partial charge in [0.2, 0.25) is 10.0 Å². The number of hydrogen-bond donors (Lipinski definition) is 2. The van der Waals surface area contributed by atoms with Gasteiger partial charge in [-0.1, -0.05) is 0 Å². The fourth-order valence-electron chi connectivity index (χ4n) is 1.31. The van der Waals surface area contributed by atoms with E-state index in [-0.39, 0.29) is 14.9 Å². The number of carboxylic acid groups (broad SMARTS) is 1. The third kappa shape index (κ3) is 3.78. The number of sulfonamides is 1. The van der Waals surface area contributed by atoms with Crippen LogP contribution in [-0.4, -0.2) is 50.3 Å². The van der Waals surface area contributed by atoms with Gasteiger partial charge in [-0.25, -0.2) is 12.7 Å². The van der Waals surface area contributed by atoms with Crippen LogP contribution < -0.4 is 5.32 Å². The molecule has 0 aliphatic heterocycles. The number of carbonyl (C=O) groups excluding carboxylic acids is 1. The van der Waals surface area contributed by atoms with Crippen LogP contribution in [0.3, 0.4) is 0 Å². The van der Waals surface area contributed by atoms with Crippen LogP contribution in [0.2, 0.25) is 0 Å². The third-order valence-electron chi connectivity index (χ3n) is 2.35. The predicted molar refractivity (Wildman–Crippen MR) is 75.0 cm³/mol. The predicted octanol–water partition coefficient (Wildman–Crippen LogP) is 0.514. The Morgan fingerprint density at radius 3 is 2.40 bits per heavy atom. The molecular formula is C11H13BrN2O5S. The van der Waals surface area contributed by atoms with Crippen molar-refractivity contribution in [3.63, 3.8) is 0 Å². The summed E-state index contributed by atoms with van der Waals surface area (Å²) in [5.41, 5.74) is 0.163. The van der Waals surface area contributed by atoms with E-state index < -0.39 is 28.4 Å². The smallest absolute Gasteiger partial charge is 0.322 e. The van der Waals surface area contributed by atoms with Gasteiger partial charge in [-0.05, 0) is 34.1 Å². The number of carbonyl (C=O) groups is 2. The summed E-state index contributed by atoms with van der Waals surface area (Å²) in [6, 6.07) is 3.93. The van der Waals surface area contributed by atoms with E-state index in [1.165, 1.54) is 32.3 Å². The minimum atomic E-state index is -3.62. The van der Waals surface area contributed by atoms with Gasteiger partial charge in [0.1, 0.15) is 6.54 Å². The molecule has 1 aromatic rings. The van der Waals surface area contributed by atoms with Gasteiger partial charge in [-0.15, -0.1) is 0 Å². The van der Waals surface area contributed by atoms with Gasteiger partial charge >= 0.3 is 5.97 Å². The van der Waals surface area contributed by atoms with Crippen molar-refractivity contribution < 1.29 is 23.1 Å². The molecule has 0 aromatic heterocycles. The summed E-state index contributed by atoms with van der Waals surface area (Å²) >= 11 is 3.10. The number of halogens is 1. The van der Waals surface area contributed by atoms with Crippen molar-refractivity contribution in [3.8, 4) is 0 Å². The molecule has 0 atom stereocenters. The van der Waals surface area contributed by atoms with Crippen molar-refractivity contribution in [2.24, 2.45) is 0 Å².